The van der Waals surface area contributed by atoms with Crippen LogP contribution in [0.5, 0.6) is 5.75 Å². The Kier molecular flexibility index (Phi) is 6.39. The summed E-state index contributed by atoms with van der Waals surface area (Å²) in [6, 6.07) is 17.7. The van der Waals surface area contributed by atoms with Gasteiger partial charge in [0, 0.05) is 17.8 Å². The van der Waals surface area contributed by atoms with E-state index in [2.05, 4.69) is 15.6 Å². The molecule has 0 aliphatic heterocycles. The molecular formula is C23H23N3O3S. The van der Waals surface area contributed by atoms with Gasteiger partial charge in [0.15, 0.2) is 5.13 Å². The van der Waals surface area contributed by atoms with E-state index in [1.54, 1.807) is 5.38 Å². The van der Waals surface area contributed by atoms with Gasteiger partial charge in [0.05, 0.1) is 12.1 Å². The number of rotatable bonds is 9. The van der Waals surface area contributed by atoms with E-state index in [1.807, 2.05) is 54.6 Å². The fraction of sp³-hybridized carbons (Fsp3) is 0.261. The summed E-state index contributed by atoms with van der Waals surface area (Å²) < 4.78 is 5.78. The standard InChI is InChI=1S/C23H23N3O3S/c27-21(12-19-15-30-23(25-19)26-22(28)18-8-9-18)24-13-16-6-10-20(11-7-16)29-14-17-4-2-1-3-5-17/h1-7,10-11,15,18H,8-9,12-14H2,(H,24,27)(H,25,26,28). The lowest BCUT2D eigenvalue weighted by molar-refractivity contribution is -0.120. The number of aromatic nitrogens is 1. The maximum absolute atomic E-state index is 12.2. The highest BCUT2D eigenvalue weighted by molar-refractivity contribution is 7.13. The zero-order valence-corrected chi connectivity index (χ0v) is 17.3. The highest BCUT2D eigenvalue weighted by Crippen LogP contribution is 2.30. The van der Waals surface area contributed by atoms with Crippen molar-refractivity contribution in [3.05, 3.63) is 76.8 Å². The molecule has 3 aromatic rings. The Labute approximate surface area is 179 Å². The van der Waals surface area contributed by atoms with E-state index < -0.39 is 0 Å². The molecule has 1 fully saturated rings. The number of thiazole rings is 1. The molecule has 0 spiro atoms. The van der Waals surface area contributed by atoms with Gasteiger partial charge >= 0.3 is 0 Å². The molecule has 0 bridgehead atoms. The zero-order valence-electron chi connectivity index (χ0n) is 16.5. The van der Waals surface area contributed by atoms with Gasteiger partial charge in [-0.3, -0.25) is 9.59 Å². The summed E-state index contributed by atoms with van der Waals surface area (Å²) in [6.07, 6.45) is 2.09. The first kappa shape index (κ1) is 20.1. The molecule has 154 valence electrons. The third kappa shape index (κ3) is 5.90. The van der Waals surface area contributed by atoms with Gasteiger partial charge in [-0.25, -0.2) is 4.98 Å². The number of hydrogen-bond donors (Lipinski definition) is 2. The summed E-state index contributed by atoms with van der Waals surface area (Å²) in [5.41, 5.74) is 2.77. The van der Waals surface area contributed by atoms with E-state index in [4.69, 9.17) is 4.74 Å². The van der Waals surface area contributed by atoms with Crippen LogP contribution in [0, 0.1) is 5.92 Å². The summed E-state index contributed by atoms with van der Waals surface area (Å²) in [5.74, 6) is 0.842. The summed E-state index contributed by atoms with van der Waals surface area (Å²) in [6.45, 7) is 0.959. The van der Waals surface area contributed by atoms with E-state index >= 15 is 0 Å². The maximum atomic E-state index is 12.2. The van der Waals surface area contributed by atoms with Crippen LogP contribution in [0.15, 0.2) is 60.0 Å². The first-order valence-corrected chi connectivity index (χ1v) is 10.8. The van der Waals surface area contributed by atoms with Gasteiger partial charge in [-0.15, -0.1) is 11.3 Å². The van der Waals surface area contributed by atoms with Crippen LogP contribution >= 0.6 is 11.3 Å². The molecular weight excluding hydrogens is 398 g/mol. The molecule has 1 aliphatic carbocycles. The van der Waals surface area contributed by atoms with Crippen LogP contribution in [0.2, 0.25) is 0 Å². The Morgan fingerprint density at radius 3 is 2.53 bits per heavy atom. The van der Waals surface area contributed by atoms with Crippen molar-refractivity contribution in [2.75, 3.05) is 5.32 Å². The van der Waals surface area contributed by atoms with Crippen molar-refractivity contribution in [3.8, 4) is 5.75 Å². The number of anilines is 1. The largest absolute Gasteiger partial charge is 0.489 e. The minimum absolute atomic E-state index is 0.0246. The lowest BCUT2D eigenvalue weighted by Crippen LogP contribution is -2.24. The van der Waals surface area contributed by atoms with Crippen molar-refractivity contribution < 1.29 is 14.3 Å². The fourth-order valence-electron chi connectivity index (χ4n) is 2.87. The van der Waals surface area contributed by atoms with Crippen LogP contribution < -0.4 is 15.4 Å². The third-order valence-corrected chi connectivity index (χ3v) is 5.54. The predicted octanol–water partition coefficient (Wildman–Crippen LogP) is 3.93. The lowest BCUT2D eigenvalue weighted by atomic mass is 10.2. The van der Waals surface area contributed by atoms with Gasteiger partial charge in [0.1, 0.15) is 12.4 Å². The summed E-state index contributed by atoms with van der Waals surface area (Å²) in [5, 5.41) is 8.07. The Morgan fingerprint density at radius 1 is 1.03 bits per heavy atom. The SMILES string of the molecule is O=C(Cc1csc(NC(=O)C2CC2)n1)NCc1ccc(OCc2ccccc2)cc1. The second-order valence-electron chi connectivity index (χ2n) is 7.28. The number of nitrogens with zero attached hydrogens (tertiary/aromatic N) is 1. The number of hydrogen-bond acceptors (Lipinski definition) is 5. The highest BCUT2D eigenvalue weighted by atomic mass is 32.1. The molecule has 0 saturated heterocycles. The molecule has 0 unspecified atom stereocenters. The van der Waals surface area contributed by atoms with Crippen LogP contribution in [-0.2, 0) is 29.2 Å². The quantitative estimate of drug-likeness (QED) is 0.549. The van der Waals surface area contributed by atoms with Gasteiger partial charge in [0.25, 0.3) is 0 Å². The summed E-state index contributed by atoms with van der Waals surface area (Å²) >= 11 is 1.35. The third-order valence-electron chi connectivity index (χ3n) is 4.73. The van der Waals surface area contributed by atoms with Crippen molar-refractivity contribution in [2.24, 2.45) is 5.92 Å². The number of amides is 2. The van der Waals surface area contributed by atoms with E-state index in [0.717, 1.165) is 29.7 Å². The molecule has 2 aromatic carbocycles. The molecule has 6 nitrogen and oxygen atoms in total. The average Bonchev–Trinajstić information content (AvgIpc) is 3.54. The first-order chi connectivity index (χ1) is 14.7. The topological polar surface area (TPSA) is 80.3 Å². The fourth-order valence-corrected chi connectivity index (χ4v) is 3.58. The van der Waals surface area contributed by atoms with Gasteiger partial charge < -0.3 is 15.4 Å². The minimum atomic E-state index is -0.107. The molecule has 7 heteroatoms. The molecule has 4 rings (SSSR count). The molecule has 0 atom stereocenters. The van der Waals surface area contributed by atoms with Crippen LogP contribution in [-0.4, -0.2) is 16.8 Å². The second-order valence-corrected chi connectivity index (χ2v) is 8.14. The molecule has 2 N–H and O–H groups in total. The number of benzene rings is 2. The summed E-state index contributed by atoms with van der Waals surface area (Å²) in [7, 11) is 0. The van der Waals surface area contributed by atoms with Crippen LogP contribution in [0.25, 0.3) is 0 Å². The van der Waals surface area contributed by atoms with E-state index in [0.29, 0.717) is 24.0 Å². The van der Waals surface area contributed by atoms with Crippen molar-refractivity contribution in [2.45, 2.75) is 32.4 Å². The highest BCUT2D eigenvalue weighted by Gasteiger charge is 2.30. The Bertz CT molecular complexity index is 998. The first-order valence-electron chi connectivity index (χ1n) is 9.93. The summed E-state index contributed by atoms with van der Waals surface area (Å²) in [4.78, 5) is 28.3. The van der Waals surface area contributed by atoms with Crippen LogP contribution in [0.4, 0.5) is 5.13 Å². The molecule has 0 radical (unpaired) electrons. The number of ether oxygens (including phenoxy) is 1. The van der Waals surface area contributed by atoms with Gasteiger partial charge in [-0.1, -0.05) is 42.5 Å². The van der Waals surface area contributed by atoms with Crippen molar-refractivity contribution in [1.82, 2.24) is 10.3 Å². The Hall–Kier alpha value is -3.19. The molecule has 1 saturated carbocycles. The smallest absolute Gasteiger partial charge is 0.229 e. The molecule has 1 heterocycles. The van der Waals surface area contributed by atoms with Crippen LogP contribution in [0.1, 0.15) is 29.7 Å². The van der Waals surface area contributed by atoms with E-state index in [1.165, 1.54) is 11.3 Å². The normalized spacial score (nSPS) is 12.9. The van der Waals surface area contributed by atoms with Gasteiger partial charge in [-0.05, 0) is 36.1 Å². The van der Waals surface area contributed by atoms with Gasteiger partial charge in [-0.2, -0.15) is 0 Å². The number of nitrogens with one attached hydrogen (secondary N) is 2. The molecule has 1 aromatic heterocycles. The van der Waals surface area contributed by atoms with Crippen molar-refractivity contribution >= 4 is 28.3 Å². The zero-order chi connectivity index (χ0) is 20.8. The molecule has 2 amide bonds. The molecule has 1 aliphatic rings. The van der Waals surface area contributed by atoms with Crippen molar-refractivity contribution in [1.29, 1.82) is 0 Å². The maximum Gasteiger partial charge on any atom is 0.229 e. The van der Waals surface area contributed by atoms with Crippen molar-refractivity contribution in [3.63, 3.8) is 0 Å². The Balaban J connectivity index is 1.20. The van der Waals surface area contributed by atoms with Gasteiger partial charge in [0.2, 0.25) is 11.8 Å². The lowest BCUT2D eigenvalue weighted by Gasteiger charge is -2.08. The number of carbonyl (C=O) groups is 2. The molecule has 30 heavy (non-hydrogen) atoms. The minimum Gasteiger partial charge on any atom is -0.489 e. The number of carbonyl (C=O) groups excluding carboxylic acids is 2. The predicted molar refractivity (Wildman–Crippen MR) is 116 cm³/mol. The van der Waals surface area contributed by atoms with E-state index in [9.17, 15) is 9.59 Å². The Morgan fingerprint density at radius 2 is 1.80 bits per heavy atom. The van der Waals surface area contributed by atoms with Crippen LogP contribution in [0.3, 0.4) is 0 Å². The second kappa shape index (κ2) is 9.54. The average molecular weight is 422 g/mol. The van der Waals surface area contributed by atoms with E-state index in [-0.39, 0.29) is 24.2 Å². The monoisotopic (exact) mass is 421 g/mol.